The first kappa shape index (κ1) is 15.1. The van der Waals surface area contributed by atoms with Gasteiger partial charge in [0.1, 0.15) is 0 Å². The average molecular weight is 335 g/mol. The molecule has 124 valence electrons. The minimum Gasteiger partial charge on any atom is -0.405 e. The molecule has 1 aliphatic rings. The van der Waals surface area contributed by atoms with Gasteiger partial charge in [-0.2, -0.15) is 0 Å². The van der Waals surface area contributed by atoms with Crippen LogP contribution in [0, 0.1) is 10.1 Å². The van der Waals surface area contributed by atoms with Crippen molar-refractivity contribution in [3.05, 3.63) is 75.8 Å². The van der Waals surface area contributed by atoms with E-state index in [4.69, 9.17) is 4.74 Å². The first-order chi connectivity index (χ1) is 12.1. The number of nitro groups is 1. The van der Waals surface area contributed by atoms with Gasteiger partial charge in [0.15, 0.2) is 0 Å². The number of carbonyl (C=O) groups excluding carboxylic acids is 1. The molecular weight excluding hydrogens is 322 g/mol. The minimum atomic E-state index is -0.445. The number of aromatic amines is 1. The van der Waals surface area contributed by atoms with Crippen molar-refractivity contribution in [1.82, 2.24) is 10.2 Å². The number of hydrogen-bond donors (Lipinski definition) is 1. The standard InChI is InChI=1S/C18H13N3O4/c22-15-10-14(12-7-4-8-13(9-12)21(23)24)16-17(19-20-18(16)25-15)11-5-2-1-3-6-11/h1-9,14H,10H2,(H,19,20). The van der Waals surface area contributed by atoms with Gasteiger partial charge in [-0.25, -0.2) is 0 Å². The first-order valence-electron chi connectivity index (χ1n) is 7.72. The molecule has 2 heterocycles. The van der Waals surface area contributed by atoms with Crippen LogP contribution >= 0.6 is 0 Å². The number of hydrogen-bond acceptors (Lipinski definition) is 5. The number of esters is 1. The van der Waals surface area contributed by atoms with Crippen molar-refractivity contribution < 1.29 is 14.5 Å². The number of rotatable bonds is 3. The normalized spacial score (nSPS) is 16.2. The topological polar surface area (TPSA) is 98.1 Å². The fourth-order valence-electron chi connectivity index (χ4n) is 3.12. The summed E-state index contributed by atoms with van der Waals surface area (Å²) in [6.45, 7) is 0. The van der Waals surface area contributed by atoms with Crippen molar-refractivity contribution in [3.63, 3.8) is 0 Å². The van der Waals surface area contributed by atoms with Crippen LogP contribution in [0.1, 0.15) is 23.5 Å². The fourth-order valence-corrected chi connectivity index (χ4v) is 3.12. The number of carbonyl (C=O) groups is 1. The Kier molecular flexibility index (Phi) is 3.53. The van der Waals surface area contributed by atoms with Crippen LogP contribution in [0.2, 0.25) is 0 Å². The van der Waals surface area contributed by atoms with E-state index in [2.05, 4.69) is 10.2 Å². The largest absolute Gasteiger partial charge is 0.405 e. The Labute approximate surface area is 142 Å². The van der Waals surface area contributed by atoms with Gasteiger partial charge in [-0.05, 0) is 11.1 Å². The highest BCUT2D eigenvalue weighted by Crippen LogP contribution is 2.43. The van der Waals surface area contributed by atoms with E-state index in [0.717, 1.165) is 16.8 Å². The van der Waals surface area contributed by atoms with Crippen molar-refractivity contribution in [3.8, 4) is 17.1 Å². The van der Waals surface area contributed by atoms with Crippen LogP contribution in [0.3, 0.4) is 0 Å². The molecular formula is C18H13N3O4. The third-order valence-electron chi connectivity index (χ3n) is 4.24. The van der Waals surface area contributed by atoms with E-state index < -0.39 is 10.9 Å². The van der Waals surface area contributed by atoms with Crippen molar-refractivity contribution in [1.29, 1.82) is 0 Å². The lowest BCUT2D eigenvalue weighted by molar-refractivity contribution is -0.384. The Balaban J connectivity index is 1.87. The van der Waals surface area contributed by atoms with Crippen molar-refractivity contribution in [2.45, 2.75) is 12.3 Å². The number of nitrogens with one attached hydrogen (secondary N) is 1. The van der Waals surface area contributed by atoms with Gasteiger partial charge in [0, 0.05) is 18.1 Å². The molecule has 0 bridgehead atoms. The van der Waals surface area contributed by atoms with E-state index in [9.17, 15) is 14.9 Å². The summed E-state index contributed by atoms with van der Waals surface area (Å²) in [5.74, 6) is -0.535. The van der Waals surface area contributed by atoms with Gasteiger partial charge < -0.3 is 4.74 Å². The zero-order chi connectivity index (χ0) is 17.4. The molecule has 3 aromatic rings. The lowest BCUT2D eigenvalue weighted by Crippen LogP contribution is -2.20. The molecule has 2 aromatic carbocycles. The van der Waals surface area contributed by atoms with Crippen LogP contribution in [0.25, 0.3) is 11.3 Å². The van der Waals surface area contributed by atoms with Crippen LogP contribution in [0.5, 0.6) is 5.88 Å². The lowest BCUT2D eigenvalue weighted by atomic mass is 9.85. The molecule has 1 unspecified atom stereocenters. The summed E-state index contributed by atoms with van der Waals surface area (Å²) in [6.07, 6.45) is 0.105. The van der Waals surface area contributed by atoms with Crippen molar-refractivity contribution in [2.75, 3.05) is 0 Å². The second-order valence-corrected chi connectivity index (χ2v) is 5.77. The zero-order valence-electron chi connectivity index (χ0n) is 13.0. The third kappa shape index (κ3) is 2.65. The predicted molar refractivity (Wildman–Crippen MR) is 89.2 cm³/mol. The van der Waals surface area contributed by atoms with Gasteiger partial charge in [0.2, 0.25) is 5.88 Å². The minimum absolute atomic E-state index is 0.0113. The molecule has 1 aromatic heterocycles. The predicted octanol–water partition coefficient (Wildman–Crippen LogP) is 3.43. The van der Waals surface area contributed by atoms with Crippen molar-refractivity contribution >= 4 is 11.7 Å². The number of aromatic nitrogens is 2. The highest BCUT2D eigenvalue weighted by Gasteiger charge is 2.34. The number of benzene rings is 2. The Hall–Kier alpha value is -3.48. The van der Waals surface area contributed by atoms with Gasteiger partial charge in [-0.3, -0.25) is 20.0 Å². The van der Waals surface area contributed by atoms with Crippen LogP contribution < -0.4 is 4.74 Å². The second-order valence-electron chi connectivity index (χ2n) is 5.77. The maximum absolute atomic E-state index is 12.0. The molecule has 0 aliphatic carbocycles. The Morgan fingerprint density at radius 1 is 1.16 bits per heavy atom. The summed E-state index contributed by atoms with van der Waals surface area (Å²) < 4.78 is 5.25. The van der Waals surface area contributed by atoms with Gasteiger partial charge in [0.05, 0.1) is 22.6 Å². The average Bonchev–Trinajstić information content (AvgIpc) is 3.05. The molecule has 1 atom stereocenters. The van der Waals surface area contributed by atoms with E-state index in [1.165, 1.54) is 12.1 Å². The third-order valence-corrected chi connectivity index (χ3v) is 4.24. The smallest absolute Gasteiger partial charge is 0.313 e. The molecule has 7 nitrogen and oxygen atoms in total. The van der Waals surface area contributed by atoms with Crippen LogP contribution in [0.15, 0.2) is 54.6 Å². The molecule has 4 rings (SSSR count). The van der Waals surface area contributed by atoms with Gasteiger partial charge in [0.25, 0.3) is 5.69 Å². The molecule has 7 heteroatoms. The summed E-state index contributed by atoms with van der Waals surface area (Å²) in [4.78, 5) is 22.6. The Morgan fingerprint density at radius 3 is 2.72 bits per heavy atom. The van der Waals surface area contributed by atoms with Crippen LogP contribution in [0.4, 0.5) is 5.69 Å². The van der Waals surface area contributed by atoms with E-state index in [1.807, 2.05) is 30.3 Å². The summed E-state index contributed by atoms with van der Waals surface area (Å²) in [5, 5.41) is 18.1. The molecule has 1 aliphatic heterocycles. The second kappa shape index (κ2) is 5.86. The summed E-state index contributed by atoms with van der Waals surface area (Å²) in [6, 6.07) is 15.9. The highest BCUT2D eigenvalue weighted by molar-refractivity contribution is 5.80. The number of ether oxygens (including phenoxy) is 1. The van der Waals surface area contributed by atoms with E-state index in [0.29, 0.717) is 5.56 Å². The maximum Gasteiger partial charge on any atom is 0.313 e. The fraction of sp³-hybridized carbons (Fsp3) is 0.111. The number of nitrogens with zero attached hydrogens (tertiary/aromatic N) is 2. The number of nitro benzene ring substituents is 1. The summed E-state index contributed by atoms with van der Waals surface area (Å²) in [5.41, 5.74) is 3.07. The maximum atomic E-state index is 12.0. The number of non-ortho nitro benzene ring substituents is 1. The zero-order valence-corrected chi connectivity index (χ0v) is 13.0. The first-order valence-corrected chi connectivity index (χ1v) is 7.72. The molecule has 0 fully saturated rings. The van der Waals surface area contributed by atoms with E-state index >= 15 is 0 Å². The molecule has 0 saturated heterocycles. The summed E-state index contributed by atoms with van der Waals surface area (Å²) in [7, 11) is 0. The summed E-state index contributed by atoms with van der Waals surface area (Å²) >= 11 is 0. The van der Waals surface area contributed by atoms with Crippen LogP contribution in [-0.2, 0) is 4.79 Å². The van der Waals surface area contributed by atoms with Gasteiger partial charge in [-0.15, -0.1) is 5.10 Å². The lowest BCUT2D eigenvalue weighted by Gasteiger charge is -2.22. The molecule has 0 spiro atoms. The monoisotopic (exact) mass is 335 g/mol. The molecule has 0 radical (unpaired) electrons. The van der Waals surface area contributed by atoms with E-state index in [-0.39, 0.29) is 23.9 Å². The molecule has 0 saturated carbocycles. The Bertz CT molecular complexity index is 965. The quantitative estimate of drug-likeness (QED) is 0.449. The number of fused-ring (bicyclic) bond motifs is 1. The molecule has 1 N–H and O–H groups in total. The highest BCUT2D eigenvalue weighted by atomic mass is 16.6. The van der Waals surface area contributed by atoms with E-state index in [1.54, 1.807) is 12.1 Å². The van der Waals surface area contributed by atoms with Crippen molar-refractivity contribution in [2.24, 2.45) is 0 Å². The van der Waals surface area contributed by atoms with Gasteiger partial charge in [-0.1, -0.05) is 42.5 Å². The number of H-pyrrole nitrogens is 1. The molecule has 25 heavy (non-hydrogen) atoms. The molecule has 0 amide bonds. The van der Waals surface area contributed by atoms with Crippen LogP contribution in [-0.4, -0.2) is 21.1 Å². The SMILES string of the molecule is O=C1CC(c2cccc([N+](=O)[O-])c2)c2c(n[nH]c2-c2ccccc2)O1. The Morgan fingerprint density at radius 2 is 1.96 bits per heavy atom. The van der Waals surface area contributed by atoms with Gasteiger partial charge >= 0.3 is 5.97 Å².